The molecular weight excluding hydrogens is 208 g/mol. The molecule has 0 radical (unpaired) electrons. The highest BCUT2D eigenvalue weighted by molar-refractivity contribution is 7.86. The quantitative estimate of drug-likeness (QED) is 0.502. The fraction of sp³-hybridized carbons (Fsp3) is 0.875. The van der Waals surface area contributed by atoms with Gasteiger partial charge in [0, 0.05) is 6.42 Å². The van der Waals surface area contributed by atoms with Crippen molar-refractivity contribution in [3.8, 4) is 0 Å². The number of rotatable bonds is 7. The van der Waals surface area contributed by atoms with Crippen LogP contribution >= 0.6 is 0 Å². The molecule has 0 fully saturated rings. The van der Waals surface area contributed by atoms with Gasteiger partial charge in [-0.15, -0.1) is 0 Å². The van der Waals surface area contributed by atoms with Gasteiger partial charge in [-0.3, -0.25) is 9.35 Å². The summed E-state index contributed by atoms with van der Waals surface area (Å²) >= 11 is 0. The van der Waals surface area contributed by atoms with Gasteiger partial charge < -0.3 is 5.11 Å². The van der Waals surface area contributed by atoms with E-state index in [0.717, 1.165) is 0 Å². The third-order valence-electron chi connectivity index (χ3n) is 2.04. The fourth-order valence-electron chi connectivity index (χ4n) is 1.21. The van der Waals surface area contributed by atoms with E-state index in [0.29, 0.717) is 25.7 Å². The topological polar surface area (TPSA) is 91.7 Å². The van der Waals surface area contributed by atoms with E-state index in [1.807, 2.05) is 0 Å². The number of aliphatic carboxylic acids is 1. The zero-order chi connectivity index (χ0) is 11.2. The Balaban J connectivity index is 3.81. The molecule has 0 aromatic heterocycles. The number of hydrogen-bond donors (Lipinski definition) is 2. The van der Waals surface area contributed by atoms with Gasteiger partial charge in [-0.25, -0.2) is 0 Å². The Labute approximate surface area is 83.9 Å². The van der Waals surface area contributed by atoms with Crippen LogP contribution in [0.25, 0.3) is 0 Å². The van der Waals surface area contributed by atoms with Gasteiger partial charge >= 0.3 is 5.97 Å². The van der Waals surface area contributed by atoms with Crippen LogP contribution in [0.1, 0.15) is 39.0 Å². The molecule has 0 aliphatic rings. The molecular formula is C8H16O5S. The number of unbranched alkanes of at least 4 members (excludes halogenated alkanes) is 1. The summed E-state index contributed by atoms with van der Waals surface area (Å²) in [5.41, 5.74) is 0. The SMILES string of the molecule is CCC(CCCCC(=O)O)S(=O)(=O)O. The standard InChI is InChI=1S/C8H16O5S/c1-2-7(14(11,12)13)5-3-4-6-8(9)10/h7H,2-6H2,1H3,(H,9,10)(H,11,12,13). The Morgan fingerprint density at radius 2 is 1.93 bits per heavy atom. The van der Waals surface area contributed by atoms with Crippen molar-refractivity contribution < 1.29 is 22.9 Å². The summed E-state index contributed by atoms with van der Waals surface area (Å²) in [6, 6.07) is 0. The third-order valence-corrected chi connectivity index (χ3v) is 3.45. The molecule has 0 saturated heterocycles. The van der Waals surface area contributed by atoms with Crippen molar-refractivity contribution in [2.24, 2.45) is 0 Å². The highest BCUT2D eigenvalue weighted by Crippen LogP contribution is 2.13. The van der Waals surface area contributed by atoms with E-state index in [1.165, 1.54) is 0 Å². The predicted molar refractivity (Wildman–Crippen MR) is 51.7 cm³/mol. The predicted octanol–water partition coefficient (Wildman–Crippen LogP) is 1.30. The molecule has 0 aliphatic heterocycles. The van der Waals surface area contributed by atoms with Gasteiger partial charge in [0.15, 0.2) is 0 Å². The molecule has 0 heterocycles. The van der Waals surface area contributed by atoms with Crippen molar-refractivity contribution in [2.75, 3.05) is 0 Å². The Hall–Kier alpha value is -0.620. The first-order chi connectivity index (χ1) is 6.38. The van der Waals surface area contributed by atoms with Crippen molar-refractivity contribution >= 4 is 16.1 Å². The van der Waals surface area contributed by atoms with Crippen molar-refractivity contribution in [3.63, 3.8) is 0 Å². The van der Waals surface area contributed by atoms with Crippen LogP contribution in [-0.2, 0) is 14.9 Å². The molecule has 1 unspecified atom stereocenters. The maximum absolute atomic E-state index is 10.7. The normalized spacial score (nSPS) is 13.9. The molecule has 2 N–H and O–H groups in total. The van der Waals surface area contributed by atoms with E-state index in [4.69, 9.17) is 9.66 Å². The molecule has 1 atom stereocenters. The first-order valence-corrected chi connectivity index (χ1v) is 6.06. The lowest BCUT2D eigenvalue weighted by Crippen LogP contribution is -2.19. The summed E-state index contributed by atoms with van der Waals surface area (Å²) < 4.78 is 30.2. The number of carboxylic acid groups (broad SMARTS) is 1. The van der Waals surface area contributed by atoms with E-state index in [-0.39, 0.29) is 6.42 Å². The highest BCUT2D eigenvalue weighted by atomic mass is 32.2. The summed E-state index contributed by atoms with van der Waals surface area (Å²) in [7, 11) is -3.96. The van der Waals surface area contributed by atoms with Gasteiger partial charge in [-0.2, -0.15) is 8.42 Å². The number of carboxylic acids is 1. The molecule has 0 aromatic rings. The summed E-state index contributed by atoms with van der Waals surface area (Å²) in [5.74, 6) is -0.884. The van der Waals surface area contributed by atoms with E-state index >= 15 is 0 Å². The van der Waals surface area contributed by atoms with Crippen LogP contribution in [0.2, 0.25) is 0 Å². The molecule has 6 heteroatoms. The van der Waals surface area contributed by atoms with Gasteiger partial charge in [0.1, 0.15) is 0 Å². The van der Waals surface area contributed by atoms with Crippen LogP contribution < -0.4 is 0 Å². The van der Waals surface area contributed by atoms with Gasteiger partial charge in [0.2, 0.25) is 0 Å². The Morgan fingerprint density at radius 3 is 2.29 bits per heavy atom. The lowest BCUT2D eigenvalue weighted by molar-refractivity contribution is -0.137. The van der Waals surface area contributed by atoms with Crippen LogP contribution in [0.3, 0.4) is 0 Å². The first kappa shape index (κ1) is 13.4. The summed E-state index contributed by atoms with van der Waals surface area (Å²) in [5, 5.41) is 7.57. The minimum absolute atomic E-state index is 0.0436. The minimum Gasteiger partial charge on any atom is -0.481 e. The first-order valence-electron chi connectivity index (χ1n) is 4.56. The maximum Gasteiger partial charge on any atom is 0.303 e. The van der Waals surface area contributed by atoms with Crippen LogP contribution in [0.4, 0.5) is 0 Å². The average Bonchev–Trinajstić information content (AvgIpc) is 2.01. The second-order valence-corrected chi connectivity index (χ2v) is 4.88. The van der Waals surface area contributed by atoms with Crippen LogP contribution in [-0.4, -0.2) is 29.3 Å². The summed E-state index contributed by atoms with van der Waals surface area (Å²) in [6.45, 7) is 1.68. The zero-order valence-corrected chi connectivity index (χ0v) is 8.96. The van der Waals surface area contributed by atoms with Gasteiger partial charge in [0.25, 0.3) is 10.1 Å². The van der Waals surface area contributed by atoms with Crippen LogP contribution in [0.15, 0.2) is 0 Å². The fourth-order valence-corrected chi connectivity index (χ4v) is 2.10. The molecule has 0 spiro atoms. The molecule has 84 valence electrons. The van der Waals surface area contributed by atoms with Crippen LogP contribution in [0.5, 0.6) is 0 Å². The van der Waals surface area contributed by atoms with Crippen molar-refractivity contribution in [1.82, 2.24) is 0 Å². The maximum atomic E-state index is 10.7. The van der Waals surface area contributed by atoms with Crippen molar-refractivity contribution in [2.45, 2.75) is 44.3 Å². The van der Waals surface area contributed by atoms with Gasteiger partial charge in [-0.1, -0.05) is 13.3 Å². The molecule has 0 saturated carbocycles. The average molecular weight is 224 g/mol. The Bertz CT molecular complexity index is 269. The largest absolute Gasteiger partial charge is 0.481 e. The Morgan fingerprint density at radius 1 is 1.36 bits per heavy atom. The van der Waals surface area contributed by atoms with E-state index in [9.17, 15) is 13.2 Å². The highest BCUT2D eigenvalue weighted by Gasteiger charge is 2.19. The lowest BCUT2D eigenvalue weighted by Gasteiger charge is -2.10. The number of carbonyl (C=O) groups is 1. The van der Waals surface area contributed by atoms with E-state index < -0.39 is 21.3 Å². The summed E-state index contributed by atoms with van der Waals surface area (Å²) in [6.07, 6.45) is 1.67. The summed E-state index contributed by atoms with van der Waals surface area (Å²) in [4.78, 5) is 10.1. The lowest BCUT2D eigenvalue weighted by atomic mass is 10.1. The smallest absolute Gasteiger partial charge is 0.303 e. The molecule has 14 heavy (non-hydrogen) atoms. The van der Waals surface area contributed by atoms with E-state index in [1.54, 1.807) is 6.92 Å². The second-order valence-electron chi connectivity index (χ2n) is 3.18. The molecule has 0 amide bonds. The van der Waals surface area contributed by atoms with Crippen LogP contribution in [0, 0.1) is 0 Å². The minimum atomic E-state index is -3.96. The second kappa shape index (κ2) is 5.98. The molecule has 0 rings (SSSR count). The van der Waals surface area contributed by atoms with Gasteiger partial charge in [0.05, 0.1) is 5.25 Å². The molecule has 5 nitrogen and oxygen atoms in total. The zero-order valence-electron chi connectivity index (χ0n) is 8.14. The number of hydrogen-bond acceptors (Lipinski definition) is 3. The monoisotopic (exact) mass is 224 g/mol. The molecule has 0 aliphatic carbocycles. The van der Waals surface area contributed by atoms with E-state index in [2.05, 4.69) is 0 Å². The molecule has 0 bridgehead atoms. The third kappa shape index (κ3) is 5.93. The van der Waals surface area contributed by atoms with Crippen molar-refractivity contribution in [3.05, 3.63) is 0 Å². The van der Waals surface area contributed by atoms with Gasteiger partial charge in [-0.05, 0) is 19.3 Å². The van der Waals surface area contributed by atoms with Crippen molar-refractivity contribution in [1.29, 1.82) is 0 Å². The molecule has 0 aromatic carbocycles. The Kier molecular flexibility index (Phi) is 5.71.